The van der Waals surface area contributed by atoms with E-state index in [0.29, 0.717) is 11.3 Å². The molecule has 172 valence electrons. The lowest BCUT2D eigenvalue weighted by molar-refractivity contribution is -0.123. The molecule has 0 bridgehead atoms. The van der Waals surface area contributed by atoms with E-state index in [-0.39, 0.29) is 33.7 Å². The van der Waals surface area contributed by atoms with Crippen LogP contribution in [0.15, 0.2) is 60.7 Å². The average Bonchev–Trinajstić information content (AvgIpc) is 2.82. The zero-order chi connectivity index (χ0) is 24.6. The van der Waals surface area contributed by atoms with Crippen molar-refractivity contribution in [2.24, 2.45) is 0 Å². The number of carbonyl (C=O) groups excluding carboxylic acids is 4. The SMILES string of the molecule is CC(OC(=O)c1ccc2c(c1N)C(=O)c1ccccc1C2=O)C(=O)Nc1ccc(N(C)C)cc1. The van der Waals surface area contributed by atoms with E-state index in [2.05, 4.69) is 5.32 Å². The molecule has 0 fully saturated rings. The summed E-state index contributed by atoms with van der Waals surface area (Å²) in [6, 6.07) is 16.3. The fourth-order valence-electron chi connectivity index (χ4n) is 3.75. The largest absolute Gasteiger partial charge is 0.449 e. The van der Waals surface area contributed by atoms with Gasteiger partial charge in [-0.1, -0.05) is 24.3 Å². The number of nitrogens with one attached hydrogen (secondary N) is 1. The van der Waals surface area contributed by atoms with Gasteiger partial charge in [-0.3, -0.25) is 14.4 Å². The molecule has 0 radical (unpaired) electrons. The van der Waals surface area contributed by atoms with Crippen molar-refractivity contribution >= 4 is 40.5 Å². The van der Waals surface area contributed by atoms with Gasteiger partial charge in [-0.25, -0.2) is 4.79 Å². The number of carbonyl (C=O) groups is 4. The van der Waals surface area contributed by atoms with Gasteiger partial charge in [-0.15, -0.1) is 0 Å². The van der Waals surface area contributed by atoms with E-state index in [1.165, 1.54) is 19.1 Å². The normalized spacial score (nSPS) is 12.9. The van der Waals surface area contributed by atoms with E-state index in [4.69, 9.17) is 10.5 Å². The van der Waals surface area contributed by atoms with E-state index < -0.39 is 23.8 Å². The quantitative estimate of drug-likeness (QED) is 0.349. The maximum atomic E-state index is 13.0. The molecule has 8 heteroatoms. The Morgan fingerprint density at radius 1 is 0.882 bits per heavy atom. The third-order valence-electron chi connectivity index (χ3n) is 5.66. The number of benzene rings is 3. The van der Waals surface area contributed by atoms with Gasteiger partial charge >= 0.3 is 5.97 Å². The van der Waals surface area contributed by atoms with Crippen molar-refractivity contribution in [3.8, 4) is 0 Å². The first-order valence-corrected chi connectivity index (χ1v) is 10.6. The molecule has 1 atom stereocenters. The number of ether oxygens (including phenoxy) is 1. The Bertz CT molecular complexity index is 1330. The molecule has 1 amide bonds. The Labute approximate surface area is 196 Å². The molecule has 8 nitrogen and oxygen atoms in total. The molecule has 0 saturated heterocycles. The fraction of sp³-hybridized carbons (Fsp3) is 0.154. The van der Waals surface area contributed by atoms with Crippen LogP contribution >= 0.6 is 0 Å². The summed E-state index contributed by atoms with van der Waals surface area (Å²) in [6.45, 7) is 1.43. The van der Waals surface area contributed by atoms with Crippen LogP contribution in [0.25, 0.3) is 0 Å². The van der Waals surface area contributed by atoms with Crippen LogP contribution < -0.4 is 16.0 Å². The van der Waals surface area contributed by atoms with Crippen molar-refractivity contribution in [3.63, 3.8) is 0 Å². The lowest BCUT2D eigenvalue weighted by Gasteiger charge is -2.20. The summed E-state index contributed by atoms with van der Waals surface area (Å²) < 4.78 is 5.30. The summed E-state index contributed by atoms with van der Waals surface area (Å²) in [4.78, 5) is 53.0. The smallest absolute Gasteiger partial charge is 0.341 e. The van der Waals surface area contributed by atoms with Crippen LogP contribution in [0.4, 0.5) is 17.1 Å². The average molecular weight is 457 g/mol. The highest BCUT2D eigenvalue weighted by molar-refractivity contribution is 6.30. The van der Waals surface area contributed by atoms with Crippen molar-refractivity contribution in [1.29, 1.82) is 0 Å². The minimum atomic E-state index is -1.13. The summed E-state index contributed by atoms with van der Waals surface area (Å²) in [5.41, 5.74) is 8.05. The van der Waals surface area contributed by atoms with E-state index in [1.54, 1.807) is 36.4 Å². The number of amides is 1. The molecular weight excluding hydrogens is 434 g/mol. The van der Waals surface area contributed by atoms with Gasteiger partial charge in [0.1, 0.15) is 0 Å². The molecule has 0 aliphatic heterocycles. The topological polar surface area (TPSA) is 119 Å². The Hall–Kier alpha value is -4.46. The number of anilines is 3. The second-order valence-corrected chi connectivity index (χ2v) is 8.13. The van der Waals surface area contributed by atoms with Gasteiger partial charge in [-0.05, 0) is 43.3 Å². The number of fused-ring (bicyclic) bond motifs is 2. The highest BCUT2D eigenvalue weighted by Crippen LogP contribution is 2.33. The molecule has 0 heterocycles. The van der Waals surface area contributed by atoms with Crippen LogP contribution in [-0.2, 0) is 9.53 Å². The second kappa shape index (κ2) is 8.82. The highest BCUT2D eigenvalue weighted by Gasteiger charge is 2.33. The molecule has 3 aromatic rings. The van der Waals surface area contributed by atoms with Gasteiger partial charge in [-0.2, -0.15) is 0 Å². The molecule has 0 saturated carbocycles. The molecule has 3 aromatic carbocycles. The molecule has 34 heavy (non-hydrogen) atoms. The fourth-order valence-corrected chi connectivity index (χ4v) is 3.75. The molecule has 1 aliphatic carbocycles. The lowest BCUT2D eigenvalue weighted by Crippen LogP contribution is -2.30. The molecule has 0 spiro atoms. The summed E-state index contributed by atoms with van der Waals surface area (Å²) in [5, 5.41) is 2.69. The molecule has 4 rings (SSSR count). The highest BCUT2D eigenvalue weighted by atomic mass is 16.5. The Morgan fingerprint density at radius 3 is 2.12 bits per heavy atom. The number of nitrogens with two attached hydrogens (primary N) is 1. The zero-order valence-corrected chi connectivity index (χ0v) is 18.9. The maximum absolute atomic E-state index is 13.0. The lowest BCUT2D eigenvalue weighted by atomic mass is 9.82. The van der Waals surface area contributed by atoms with Crippen LogP contribution in [0.3, 0.4) is 0 Å². The minimum absolute atomic E-state index is 0.0313. The third-order valence-corrected chi connectivity index (χ3v) is 5.66. The monoisotopic (exact) mass is 457 g/mol. The Morgan fingerprint density at radius 2 is 1.50 bits per heavy atom. The first kappa shape index (κ1) is 22.7. The molecule has 1 unspecified atom stereocenters. The van der Waals surface area contributed by atoms with Gasteiger partial charge in [0, 0.05) is 42.2 Å². The second-order valence-electron chi connectivity index (χ2n) is 8.13. The number of hydrogen-bond acceptors (Lipinski definition) is 7. The van der Waals surface area contributed by atoms with E-state index in [9.17, 15) is 19.2 Å². The molecular formula is C26H23N3O5. The number of hydrogen-bond donors (Lipinski definition) is 2. The minimum Gasteiger partial charge on any atom is -0.449 e. The summed E-state index contributed by atoms with van der Waals surface area (Å²) in [5.74, 6) is -2.18. The van der Waals surface area contributed by atoms with Crippen molar-refractivity contribution < 1.29 is 23.9 Å². The molecule has 0 aromatic heterocycles. The molecule has 1 aliphatic rings. The van der Waals surface area contributed by atoms with Crippen LogP contribution in [0, 0.1) is 0 Å². The van der Waals surface area contributed by atoms with Crippen LogP contribution in [0.5, 0.6) is 0 Å². The van der Waals surface area contributed by atoms with Crippen molar-refractivity contribution in [2.75, 3.05) is 30.0 Å². The van der Waals surface area contributed by atoms with Gasteiger partial charge in [0.15, 0.2) is 17.7 Å². The van der Waals surface area contributed by atoms with E-state index >= 15 is 0 Å². The van der Waals surface area contributed by atoms with Gasteiger partial charge in [0.05, 0.1) is 16.8 Å². The third kappa shape index (κ3) is 4.01. The predicted octanol–water partition coefficient (Wildman–Crippen LogP) is 3.29. The Balaban J connectivity index is 1.52. The van der Waals surface area contributed by atoms with Crippen LogP contribution in [0.2, 0.25) is 0 Å². The van der Waals surface area contributed by atoms with E-state index in [0.717, 1.165) is 5.69 Å². The summed E-state index contributed by atoms with van der Waals surface area (Å²) in [7, 11) is 3.81. The van der Waals surface area contributed by atoms with Crippen LogP contribution in [-0.4, -0.2) is 43.6 Å². The van der Waals surface area contributed by atoms with Crippen molar-refractivity contribution in [2.45, 2.75) is 13.0 Å². The van der Waals surface area contributed by atoms with Gasteiger partial charge in [0.25, 0.3) is 5.91 Å². The predicted molar refractivity (Wildman–Crippen MR) is 128 cm³/mol. The van der Waals surface area contributed by atoms with Gasteiger partial charge in [0.2, 0.25) is 0 Å². The number of nitrogens with zero attached hydrogens (tertiary/aromatic N) is 1. The number of esters is 1. The number of nitrogen functional groups attached to an aromatic ring is 1. The first-order valence-electron chi connectivity index (χ1n) is 10.6. The van der Waals surface area contributed by atoms with E-state index in [1.807, 2.05) is 31.1 Å². The van der Waals surface area contributed by atoms with Crippen molar-refractivity contribution in [1.82, 2.24) is 0 Å². The molecule has 3 N–H and O–H groups in total. The zero-order valence-electron chi connectivity index (χ0n) is 18.9. The first-order chi connectivity index (χ1) is 16.2. The summed E-state index contributed by atoms with van der Waals surface area (Å²) in [6.07, 6.45) is -1.13. The summed E-state index contributed by atoms with van der Waals surface area (Å²) >= 11 is 0. The van der Waals surface area contributed by atoms with Crippen LogP contribution in [0.1, 0.15) is 49.1 Å². The van der Waals surface area contributed by atoms with Crippen molar-refractivity contribution in [3.05, 3.63) is 88.5 Å². The van der Waals surface area contributed by atoms with Gasteiger partial charge < -0.3 is 20.7 Å². The Kier molecular flexibility index (Phi) is 5.89. The number of ketones is 2. The number of rotatable bonds is 5. The maximum Gasteiger partial charge on any atom is 0.341 e. The standard InChI is InChI=1S/C26H23N3O5/c1-14(25(32)28-15-8-10-16(11-9-15)29(2)3)34-26(33)20-13-12-19-21(22(20)27)24(31)18-7-5-4-6-17(18)23(19)30/h4-14H,27H2,1-3H3,(H,28,32).